The Labute approximate surface area is 107 Å². The smallest absolute Gasteiger partial charge is 0.435 e. The van der Waals surface area contributed by atoms with E-state index in [0.29, 0.717) is 6.61 Å². The van der Waals surface area contributed by atoms with Crippen molar-refractivity contribution in [2.75, 3.05) is 6.61 Å². The van der Waals surface area contributed by atoms with E-state index in [9.17, 15) is 4.79 Å². The molecule has 0 N–H and O–H groups in total. The van der Waals surface area contributed by atoms with E-state index in [1.54, 1.807) is 0 Å². The van der Waals surface area contributed by atoms with Gasteiger partial charge in [-0.3, -0.25) is 4.84 Å². The molecule has 0 spiro atoms. The summed E-state index contributed by atoms with van der Waals surface area (Å²) >= 11 is 0. The summed E-state index contributed by atoms with van der Waals surface area (Å²) in [5.41, 5.74) is 0.561. The highest BCUT2D eigenvalue weighted by atomic mass is 16.7. The van der Waals surface area contributed by atoms with Crippen LogP contribution in [-0.2, 0) is 9.57 Å². The molecule has 0 aromatic heterocycles. The van der Waals surface area contributed by atoms with Crippen molar-refractivity contribution in [3.05, 3.63) is 35.9 Å². The van der Waals surface area contributed by atoms with Crippen LogP contribution in [0.2, 0.25) is 0 Å². The van der Waals surface area contributed by atoms with Gasteiger partial charge in [0.2, 0.25) is 0 Å². The van der Waals surface area contributed by atoms with E-state index >= 15 is 0 Å². The zero-order chi connectivity index (χ0) is 13.2. The Bertz CT molecular complexity index is 411. The fourth-order valence-electron chi connectivity index (χ4n) is 1.93. The van der Waals surface area contributed by atoms with Crippen molar-refractivity contribution in [2.45, 2.75) is 38.8 Å². The molecule has 0 aliphatic carbocycles. The van der Waals surface area contributed by atoms with Crippen LogP contribution in [0, 0.1) is 0 Å². The maximum absolute atomic E-state index is 12.0. The van der Waals surface area contributed by atoms with Crippen molar-refractivity contribution in [1.82, 2.24) is 5.06 Å². The predicted molar refractivity (Wildman–Crippen MR) is 67.8 cm³/mol. The first-order chi connectivity index (χ1) is 8.47. The predicted octanol–water partition coefficient (Wildman–Crippen LogP) is 3.30. The fraction of sp³-hybridized carbons (Fsp3) is 0.500. The van der Waals surface area contributed by atoms with Crippen LogP contribution >= 0.6 is 0 Å². The summed E-state index contributed by atoms with van der Waals surface area (Å²) in [4.78, 5) is 17.4. The Morgan fingerprint density at radius 1 is 1.33 bits per heavy atom. The number of benzene rings is 1. The van der Waals surface area contributed by atoms with Gasteiger partial charge >= 0.3 is 6.09 Å². The second-order valence-electron chi connectivity index (χ2n) is 5.35. The molecule has 2 rings (SSSR count). The molecule has 1 aliphatic rings. The molecule has 0 bridgehead atoms. The van der Waals surface area contributed by atoms with Crippen molar-refractivity contribution >= 4 is 6.09 Å². The lowest BCUT2D eigenvalue weighted by Crippen LogP contribution is -2.35. The number of carbonyl (C=O) groups is 1. The van der Waals surface area contributed by atoms with E-state index in [2.05, 4.69) is 0 Å². The molecule has 18 heavy (non-hydrogen) atoms. The van der Waals surface area contributed by atoms with E-state index < -0.39 is 11.7 Å². The number of amides is 1. The van der Waals surface area contributed by atoms with Crippen molar-refractivity contribution in [3.8, 4) is 0 Å². The summed E-state index contributed by atoms with van der Waals surface area (Å²) in [6.07, 6.45) is 0.373. The van der Waals surface area contributed by atoms with E-state index in [0.717, 1.165) is 12.0 Å². The molecule has 1 amide bonds. The average molecular weight is 249 g/mol. The highest BCUT2D eigenvalue weighted by Gasteiger charge is 2.34. The SMILES string of the molecule is CC(C)(C)OC(=O)N1OCC[C@H]1c1ccccc1. The van der Waals surface area contributed by atoms with Gasteiger partial charge in [0.15, 0.2) is 0 Å². The molecule has 0 unspecified atom stereocenters. The zero-order valence-corrected chi connectivity index (χ0v) is 11.1. The van der Waals surface area contributed by atoms with Gasteiger partial charge in [-0.1, -0.05) is 30.3 Å². The van der Waals surface area contributed by atoms with Crippen LogP contribution < -0.4 is 0 Å². The third kappa shape index (κ3) is 3.01. The Kier molecular flexibility index (Phi) is 3.57. The lowest BCUT2D eigenvalue weighted by Gasteiger charge is -2.27. The normalized spacial score (nSPS) is 19.9. The van der Waals surface area contributed by atoms with Gasteiger partial charge in [0, 0.05) is 6.42 Å². The highest BCUT2D eigenvalue weighted by molar-refractivity contribution is 5.67. The molecule has 4 heteroatoms. The zero-order valence-electron chi connectivity index (χ0n) is 11.1. The van der Waals surface area contributed by atoms with E-state index in [1.807, 2.05) is 51.1 Å². The Hall–Kier alpha value is -1.55. The molecule has 4 nitrogen and oxygen atoms in total. The van der Waals surface area contributed by atoms with Crippen LogP contribution in [0.3, 0.4) is 0 Å². The number of nitrogens with zero attached hydrogens (tertiary/aromatic N) is 1. The number of hydroxylamine groups is 2. The minimum Gasteiger partial charge on any atom is -0.442 e. The Balaban J connectivity index is 2.11. The van der Waals surface area contributed by atoms with E-state index in [-0.39, 0.29) is 6.04 Å². The summed E-state index contributed by atoms with van der Waals surface area (Å²) in [5.74, 6) is 0. The third-order valence-corrected chi connectivity index (χ3v) is 2.66. The minimum atomic E-state index is -0.510. The fourth-order valence-corrected chi connectivity index (χ4v) is 1.93. The van der Waals surface area contributed by atoms with Crippen molar-refractivity contribution in [3.63, 3.8) is 0 Å². The van der Waals surface area contributed by atoms with Gasteiger partial charge < -0.3 is 4.74 Å². The Morgan fingerprint density at radius 3 is 2.61 bits per heavy atom. The summed E-state index contributed by atoms with van der Waals surface area (Å²) in [6, 6.07) is 9.81. The quantitative estimate of drug-likeness (QED) is 0.766. The Morgan fingerprint density at radius 2 is 2.00 bits per heavy atom. The second-order valence-corrected chi connectivity index (χ2v) is 5.35. The van der Waals surface area contributed by atoms with Gasteiger partial charge in [-0.25, -0.2) is 4.79 Å². The molecule has 0 saturated carbocycles. The van der Waals surface area contributed by atoms with Gasteiger partial charge in [-0.2, -0.15) is 5.06 Å². The van der Waals surface area contributed by atoms with Crippen LogP contribution in [0.25, 0.3) is 0 Å². The molecule has 1 aromatic rings. The first kappa shape index (κ1) is 12.9. The molecule has 1 atom stereocenters. The topological polar surface area (TPSA) is 38.8 Å². The number of hydrogen-bond donors (Lipinski definition) is 0. The lowest BCUT2D eigenvalue weighted by molar-refractivity contribution is -0.125. The molecule has 98 valence electrons. The largest absolute Gasteiger partial charge is 0.442 e. The first-order valence-electron chi connectivity index (χ1n) is 6.17. The maximum atomic E-state index is 12.0. The molecular weight excluding hydrogens is 230 g/mol. The molecule has 1 fully saturated rings. The second kappa shape index (κ2) is 4.98. The molecule has 1 heterocycles. The summed E-state index contributed by atoms with van der Waals surface area (Å²) in [7, 11) is 0. The van der Waals surface area contributed by atoms with Gasteiger partial charge in [0.05, 0.1) is 12.6 Å². The van der Waals surface area contributed by atoms with Crippen LogP contribution in [0.4, 0.5) is 4.79 Å². The summed E-state index contributed by atoms with van der Waals surface area (Å²) < 4.78 is 5.34. The van der Waals surface area contributed by atoms with Crippen LogP contribution in [0.5, 0.6) is 0 Å². The number of ether oxygens (including phenoxy) is 1. The van der Waals surface area contributed by atoms with Gasteiger partial charge in [-0.05, 0) is 26.3 Å². The third-order valence-electron chi connectivity index (χ3n) is 2.66. The van der Waals surface area contributed by atoms with Gasteiger partial charge in [-0.15, -0.1) is 0 Å². The van der Waals surface area contributed by atoms with E-state index in [1.165, 1.54) is 5.06 Å². The van der Waals surface area contributed by atoms with Gasteiger partial charge in [0.1, 0.15) is 5.60 Å². The highest BCUT2D eigenvalue weighted by Crippen LogP contribution is 2.31. The molecule has 1 saturated heterocycles. The number of carbonyl (C=O) groups excluding carboxylic acids is 1. The van der Waals surface area contributed by atoms with Crippen LogP contribution in [-0.4, -0.2) is 23.4 Å². The van der Waals surface area contributed by atoms with E-state index in [4.69, 9.17) is 9.57 Å². The standard InChI is InChI=1S/C14H19NO3/c1-14(2,3)18-13(16)15-12(9-10-17-15)11-7-5-4-6-8-11/h4-8,12H,9-10H2,1-3H3/t12-/m0/s1. The molecule has 0 radical (unpaired) electrons. The molecule has 1 aromatic carbocycles. The van der Waals surface area contributed by atoms with Crippen LogP contribution in [0.15, 0.2) is 30.3 Å². The molecule has 1 aliphatic heterocycles. The number of hydrogen-bond acceptors (Lipinski definition) is 3. The monoisotopic (exact) mass is 249 g/mol. The molecular formula is C14H19NO3. The average Bonchev–Trinajstić information content (AvgIpc) is 2.76. The number of rotatable bonds is 1. The summed E-state index contributed by atoms with van der Waals surface area (Å²) in [6.45, 7) is 6.08. The first-order valence-corrected chi connectivity index (χ1v) is 6.17. The van der Waals surface area contributed by atoms with Crippen LogP contribution in [0.1, 0.15) is 38.8 Å². The van der Waals surface area contributed by atoms with Crippen molar-refractivity contribution < 1.29 is 14.4 Å². The summed E-state index contributed by atoms with van der Waals surface area (Å²) in [5, 5.41) is 1.35. The lowest BCUT2D eigenvalue weighted by atomic mass is 10.1. The van der Waals surface area contributed by atoms with Crippen molar-refractivity contribution in [1.29, 1.82) is 0 Å². The minimum absolute atomic E-state index is 0.0546. The van der Waals surface area contributed by atoms with Crippen molar-refractivity contribution in [2.24, 2.45) is 0 Å². The maximum Gasteiger partial charge on any atom is 0.435 e. The van der Waals surface area contributed by atoms with Gasteiger partial charge in [0.25, 0.3) is 0 Å².